The fourth-order valence-corrected chi connectivity index (χ4v) is 2.72. The van der Waals surface area contributed by atoms with Crippen molar-refractivity contribution in [2.75, 3.05) is 20.3 Å². The summed E-state index contributed by atoms with van der Waals surface area (Å²) >= 11 is 0. The molecule has 4 heteroatoms. The van der Waals surface area contributed by atoms with Crippen LogP contribution in [0.4, 0.5) is 0 Å². The first-order valence-corrected chi connectivity index (χ1v) is 6.67. The zero-order chi connectivity index (χ0) is 12.5. The maximum Gasteiger partial charge on any atom is 0.240 e. The third kappa shape index (κ3) is 2.63. The van der Waals surface area contributed by atoms with Crippen LogP contribution in [0.3, 0.4) is 0 Å². The van der Waals surface area contributed by atoms with Gasteiger partial charge in [-0.15, -0.1) is 0 Å². The Labute approximate surface area is 104 Å². The number of carbonyl (C=O) groups excluding carboxylic acids is 1. The predicted octanol–water partition coefficient (Wildman–Crippen LogP) is 1.36. The average molecular weight is 240 g/mol. The summed E-state index contributed by atoms with van der Waals surface area (Å²) in [7, 11) is 1.75. The zero-order valence-corrected chi connectivity index (χ0v) is 11.2. The fourth-order valence-electron chi connectivity index (χ4n) is 2.72. The number of ether oxygens (including phenoxy) is 1. The first-order chi connectivity index (χ1) is 8.12. The number of nitrogens with one attached hydrogen (secondary N) is 1. The number of hydrogen-bond acceptors (Lipinski definition) is 3. The molecule has 0 aromatic carbocycles. The van der Waals surface area contributed by atoms with E-state index in [1.807, 2.05) is 11.8 Å². The molecule has 1 saturated heterocycles. The minimum absolute atomic E-state index is 0.0156. The highest BCUT2D eigenvalue weighted by Crippen LogP contribution is 2.49. The van der Waals surface area contributed by atoms with E-state index < -0.39 is 0 Å². The van der Waals surface area contributed by atoms with Crippen LogP contribution in [0.1, 0.15) is 39.5 Å². The SMILES string of the molecule is CCC1NC(C)C(=O)N1CC1(CCOC)CC1. The van der Waals surface area contributed by atoms with E-state index in [9.17, 15) is 4.79 Å². The number of carbonyl (C=O) groups is 1. The van der Waals surface area contributed by atoms with Crippen LogP contribution >= 0.6 is 0 Å². The molecule has 17 heavy (non-hydrogen) atoms. The first kappa shape index (κ1) is 12.8. The van der Waals surface area contributed by atoms with Gasteiger partial charge < -0.3 is 9.64 Å². The molecular formula is C13H24N2O2. The second-order valence-corrected chi connectivity index (χ2v) is 5.52. The van der Waals surface area contributed by atoms with Crippen LogP contribution in [-0.4, -0.2) is 43.3 Å². The van der Waals surface area contributed by atoms with E-state index in [1.165, 1.54) is 12.8 Å². The van der Waals surface area contributed by atoms with Gasteiger partial charge in [0.25, 0.3) is 0 Å². The molecule has 2 aliphatic rings. The van der Waals surface area contributed by atoms with Crippen molar-refractivity contribution in [2.45, 2.75) is 51.7 Å². The Morgan fingerprint density at radius 3 is 2.76 bits per heavy atom. The lowest BCUT2D eigenvalue weighted by molar-refractivity contribution is -0.130. The Bertz CT molecular complexity index is 289. The van der Waals surface area contributed by atoms with Gasteiger partial charge in [0.1, 0.15) is 0 Å². The number of methoxy groups -OCH3 is 1. The van der Waals surface area contributed by atoms with Gasteiger partial charge in [-0.05, 0) is 38.0 Å². The third-order valence-electron chi connectivity index (χ3n) is 4.16. The zero-order valence-electron chi connectivity index (χ0n) is 11.2. The summed E-state index contributed by atoms with van der Waals surface area (Å²) in [5.74, 6) is 0.264. The second-order valence-electron chi connectivity index (χ2n) is 5.52. The number of rotatable bonds is 6. The quantitative estimate of drug-likeness (QED) is 0.762. The van der Waals surface area contributed by atoms with E-state index in [1.54, 1.807) is 7.11 Å². The molecule has 1 aliphatic carbocycles. The lowest BCUT2D eigenvalue weighted by atomic mass is 10.0. The van der Waals surface area contributed by atoms with E-state index in [-0.39, 0.29) is 18.1 Å². The molecule has 98 valence electrons. The van der Waals surface area contributed by atoms with Crippen LogP contribution in [0, 0.1) is 5.41 Å². The molecule has 0 bridgehead atoms. The van der Waals surface area contributed by atoms with E-state index in [2.05, 4.69) is 12.2 Å². The maximum absolute atomic E-state index is 12.1. The molecule has 1 heterocycles. The molecule has 4 nitrogen and oxygen atoms in total. The lowest BCUT2D eigenvalue weighted by Crippen LogP contribution is -2.40. The third-order valence-corrected chi connectivity index (χ3v) is 4.16. The molecule has 1 N–H and O–H groups in total. The minimum atomic E-state index is -0.0156. The van der Waals surface area contributed by atoms with Crippen LogP contribution in [0.25, 0.3) is 0 Å². The Balaban J connectivity index is 1.95. The molecule has 1 amide bonds. The molecule has 2 unspecified atom stereocenters. The number of amides is 1. The summed E-state index contributed by atoms with van der Waals surface area (Å²) in [5, 5.41) is 3.35. The monoisotopic (exact) mass is 240 g/mol. The largest absolute Gasteiger partial charge is 0.385 e. The minimum Gasteiger partial charge on any atom is -0.385 e. The Kier molecular flexibility index (Phi) is 3.73. The van der Waals surface area contributed by atoms with E-state index >= 15 is 0 Å². The van der Waals surface area contributed by atoms with Gasteiger partial charge in [-0.2, -0.15) is 0 Å². The first-order valence-electron chi connectivity index (χ1n) is 6.67. The van der Waals surface area contributed by atoms with Crippen molar-refractivity contribution >= 4 is 5.91 Å². The molecule has 0 aromatic rings. The molecule has 2 rings (SSSR count). The van der Waals surface area contributed by atoms with Gasteiger partial charge in [0, 0.05) is 20.3 Å². The van der Waals surface area contributed by atoms with Crippen LogP contribution in [0.2, 0.25) is 0 Å². The van der Waals surface area contributed by atoms with Crippen molar-refractivity contribution in [2.24, 2.45) is 5.41 Å². The summed E-state index contributed by atoms with van der Waals surface area (Å²) < 4.78 is 5.16. The Hall–Kier alpha value is -0.610. The molecule has 0 aromatic heterocycles. The van der Waals surface area contributed by atoms with Crippen molar-refractivity contribution in [3.05, 3.63) is 0 Å². The van der Waals surface area contributed by atoms with Gasteiger partial charge in [-0.3, -0.25) is 10.1 Å². The average Bonchev–Trinajstić information content (AvgIpc) is 3.04. The lowest BCUT2D eigenvalue weighted by Gasteiger charge is -2.28. The van der Waals surface area contributed by atoms with Crippen molar-refractivity contribution in [1.29, 1.82) is 0 Å². The smallest absolute Gasteiger partial charge is 0.240 e. The van der Waals surface area contributed by atoms with E-state index in [4.69, 9.17) is 4.74 Å². The van der Waals surface area contributed by atoms with E-state index in [0.717, 1.165) is 26.0 Å². The second kappa shape index (κ2) is 4.94. The highest BCUT2D eigenvalue weighted by Gasteiger charge is 2.47. The van der Waals surface area contributed by atoms with Gasteiger partial charge in [-0.1, -0.05) is 6.92 Å². The van der Waals surface area contributed by atoms with Gasteiger partial charge >= 0.3 is 0 Å². The predicted molar refractivity (Wildman–Crippen MR) is 66.5 cm³/mol. The molecule has 2 atom stereocenters. The highest BCUT2D eigenvalue weighted by molar-refractivity contribution is 5.84. The molecule has 1 saturated carbocycles. The fraction of sp³-hybridized carbons (Fsp3) is 0.923. The highest BCUT2D eigenvalue weighted by atomic mass is 16.5. The van der Waals surface area contributed by atoms with Crippen LogP contribution in [-0.2, 0) is 9.53 Å². The van der Waals surface area contributed by atoms with Crippen LogP contribution in [0.15, 0.2) is 0 Å². The van der Waals surface area contributed by atoms with Crippen molar-refractivity contribution < 1.29 is 9.53 Å². The molecule has 2 fully saturated rings. The maximum atomic E-state index is 12.1. The summed E-state index contributed by atoms with van der Waals surface area (Å²) in [6, 6.07) is -0.0156. The van der Waals surface area contributed by atoms with Crippen molar-refractivity contribution in [3.63, 3.8) is 0 Å². The summed E-state index contributed by atoms with van der Waals surface area (Å²) in [6.07, 6.45) is 4.78. The van der Waals surface area contributed by atoms with Gasteiger partial charge in [0.2, 0.25) is 5.91 Å². The normalized spacial score (nSPS) is 31.0. The Morgan fingerprint density at radius 1 is 1.53 bits per heavy atom. The number of nitrogens with zero attached hydrogens (tertiary/aromatic N) is 1. The topological polar surface area (TPSA) is 41.6 Å². The van der Waals surface area contributed by atoms with Crippen LogP contribution in [0.5, 0.6) is 0 Å². The van der Waals surface area contributed by atoms with Crippen LogP contribution < -0.4 is 5.32 Å². The van der Waals surface area contributed by atoms with Gasteiger partial charge in [0.05, 0.1) is 12.2 Å². The van der Waals surface area contributed by atoms with Gasteiger partial charge in [-0.25, -0.2) is 0 Å². The summed E-state index contributed by atoms with van der Waals surface area (Å²) in [4.78, 5) is 14.1. The van der Waals surface area contributed by atoms with Crippen molar-refractivity contribution in [3.8, 4) is 0 Å². The standard InChI is InChI=1S/C13H24N2O2/c1-4-11-14-10(2)12(16)15(11)9-13(5-6-13)7-8-17-3/h10-11,14H,4-9H2,1-3H3. The summed E-state index contributed by atoms with van der Waals surface area (Å²) in [5.41, 5.74) is 0.352. The molecule has 0 spiro atoms. The summed E-state index contributed by atoms with van der Waals surface area (Å²) in [6.45, 7) is 5.80. The van der Waals surface area contributed by atoms with Crippen molar-refractivity contribution in [1.82, 2.24) is 10.2 Å². The Morgan fingerprint density at radius 2 is 2.24 bits per heavy atom. The van der Waals surface area contributed by atoms with E-state index in [0.29, 0.717) is 5.41 Å². The molecular weight excluding hydrogens is 216 g/mol. The molecule has 0 radical (unpaired) electrons. The molecule has 1 aliphatic heterocycles. The number of hydrogen-bond donors (Lipinski definition) is 1. The van der Waals surface area contributed by atoms with Gasteiger partial charge in [0.15, 0.2) is 0 Å².